The molecule has 2 rings (SSSR count). The molecule has 0 spiro atoms. The predicted octanol–water partition coefficient (Wildman–Crippen LogP) is 1.02. The number of benzene rings is 1. The van der Waals surface area contributed by atoms with E-state index >= 15 is 0 Å². The van der Waals surface area contributed by atoms with Crippen molar-refractivity contribution in [2.45, 2.75) is 19.1 Å². The normalized spacial score (nSPS) is 20.6. The minimum absolute atomic E-state index is 0.0414. The number of halogens is 1. The van der Waals surface area contributed by atoms with Crippen LogP contribution in [0.1, 0.15) is 17.3 Å². The summed E-state index contributed by atoms with van der Waals surface area (Å²) in [6.07, 6.45) is -0.231. The van der Waals surface area contributed by atoms with Gasteiger partial charge in [0.15, 0.2) is 0 Å². The van der Waals surface area contributed by atoms with Gasteiger partial charge in [-0.1, -0.05) is 6.07 Å². The van der Waals surface area contributed by atoms with E-state index in [-0.39, 0.29) is 23.5 Å². The Morgan fingerprint density at radius 2 is 2.35 bits per heavy atom. The number of ether oxygens (including phenoxy) is 2. The van der Waals surface area contributed by atoms with Crippen molar-refractivity contribution in [1.82, 2.24) is 4.90 Å². The molecule has 110 valence electrons. The van der Waals surface area contributed by atoms with Gasteiger partial charge in [-0.2, -0.15) is 0 Å². The summed E-state index contributed by atoms with van der Waals surface area (Å²) < 4.78 is 24.5. The summed E-state index contributed by atoms with van der Waals surface area (Å²) in [5, 5.41) is 0. The number of amides is 1. The number of methoxy groups -OCH3 is 1. The smallest absolute Gasteiger partial charge is 0.260 e. The first-order chi connectivity index (χ1) is 9.54. The number of carbonyl (C=O) groups excluding carboxylic acids is 1. The van der Waals surface area contributed by atoms with Crippen molar-refractivity contribution >= 4 is 5.91 Å². The first-order valence-corrected chi connectivity index (χ1v) is 6.53. The fourth-order valence-electron chi connectivity index (χ4n) is 2.22. The van der Waals surface area contributed by atoms with Crippen LogP contribution < -0.4 is 10.5 Å². The van der Waals surface area contributed by atoms with Crippen LogP contribution in [-0.2, 0) is 4.74 Å². The van der Waals surface area contributed by atoms with Gasteiger partial charge >= 0.3 is 0 Å². The highest BCUT2D eigenvalue weighted by molar-refractivity contribution is 5.97. The molecular formula is C14H19FN2O3. The topological polar surface area (TPSA) is 64.8 Å². The van der Waals surface area contributed by atoms with Gasteiger partial charge in [-0.3, -0.25) is 4.79 Å². The Labute approximate surface area is 117 Å². The van der Waals surface area contributed by atoms with E-state index in [1.54, 1.807) is 11.0 Å². The summed E-state index contributed by atoms with van der Waals surface area (Å²) in [4.78, 5) is 14.0. The van der Waals surface area contributed by atoms with Crippen molar-refractivity contribution < 1.29 is 18.7 Å². The summed E-state index contributed by atoms with van der Waals surface area (Å²) in [6, 6.07) is 4.14. The second kappa shape index (κ2) is 6.19. The molecule has 2 unspecified atom stereocenters. The van der Waals surface area contributed by atoms with E-state index in [0.29, 0.717) is 19.7 Å². The highest BCUT2D eigenvalue weighted by Gasteiger charge is 2.30. The van der Waals surface area contributed by atoms with Crippen LogP contribution in [0.25, 0.3) is 0 Å². The van der Waals surface area contributed by atoms with Crippen molar-refractivity contribution in [2.24, 2.45) is 5.73 Å². The number of morpholine rings is 1. The number of hydrogen-bond acceptors (Lipinski definition) is 4. The van der Waals surface area contributed by atoms with Gasteiger partial charge in [-0.15, -0.1) is 0 Å². The Kier molecular flexibility index (Phi) is 4.57. The van der Waals surface area contributed by atoms with Crippen molar-refractivity contribution in [3.63, 3.8) is 0 Å². The molecule has 1 aliphatic rings. The Hall–Kier alpha value is -1.66. The lowest BCUT2D eigenvalue weighted by Crippen LogP contribution is -2.51. The molecule has 0 aromatic heterocycles. The third-order valence-electron chi connectivity index (χ3n) is 3.38. The molecule has 0 aliphatic carbocycles. The molecule has 1 aromatic carbocycles. The molecule has 0 bridgehead atoms. The lowest BCUT2D eigenvalue weighted by atomic mass is 10.1. The Morgan fingerprint density at radius 1 is 1.60 bits per heavy atom. The van der Waals surface area contributed by atoms with Gasteiger partial charge in [-0.05, 0) is 19.1 Å². The fraction of sp³-hybridized carbons (Fsp3) is 0.500. The van der Waals surface area contributed by atoms with Crippen LogP contribution in [-0.4, -0.2) is 49.8 Å². The predicted molar refractivity (Wildman–Crippen MR) is 72.2 cm³/mol. The van der Waals surface area contributed by atoms with Crippen molar-refractivity contribution in [3.05, 3.63) is 29.6 Å². The first-order valence-electron chi connectivity index (χ1n) is 6.53. The number of nitrogens with two attached hydrogens (primary N) is 1. The molecule has 1 aliphatic heterocycles. The number of carbonyl (C=O) groups is 1. The quantitative estimate of drug-likeness (QED) is 0.899. The molecule has 1 amide bonds. The average Bonchev–Trinajstić information content (AvgIpc) is 2.46. The van der Waals surface area contributed by atoms with E-state index in [0.717, 1.165) is 0 Å². The molecule has 20 heavy (non-hydrogen) atoms. The van der Waals surface area contributed by atoms with Crippen molar-refractivity contribution in [3.8, 4) is 5.75 Å². The maximum Gasteiger partial charge on any atom is 0.260 e. The zero-order valence-electron chi connectivity index (χ0n) is 11.6. The van der Waals surface area contributed by atoms with Gasteiger partial charge < -0.3 is 20.1 Å². The van der Waals surface area contributed by atoms with E-state index in [2.05, 4.69) is 0 Å². The Bertz CT molecular complexity index is 493. The molecule has 6 heteroatoms. The molecule has 5 nitrogen and oxygen atoms in total. The van der Waals surface area contributed by atoms with Crippen LogP contribution >= 0.6 is 0 Å². The molecule has 1 saturated heterocycles. The highest BCUT2D eigenvalue weighted by Crippen LogP contribution is 2.24. The standard InChI is InChI=1S/C14H19FN2O3/c1-9(16)12-8-17(6-7-20-12)14(18)13-10(15)4-3-5-11(13)19-2/h3-5,9,12H,6-8,16H2,1-2H3. The number of nitrogens with zero attached hydrogens (tertiary/aromatic N) is 1. The summed E-state index contributed by atoms with van der Waals surface area (Å²) in [6.45, 7) is 2.99. The molecule has 0 radical (unpaired) electrons. The monoisotopic (exact) mass is 282 g/mol. The van der Waals surface area contributed by atoms with Crippen LogP contribution in [0.5, 0.6) is 5.75 Å². The summed E-state index contributed by atoms with van der Waals surface area (Å²) in [5.41, 5.74) is 5.75. The number of hydrogen-bond donors (Lipinski definition) is 1. The molecule has 1 heterocycles. The van der Waals surface area contributed by atoms with Crippen LogP contribution in [0.15, 0.2) is 18.2 Å². The van der Waals surface area contributed by atoms with Crippen LogP contribution in [0, 0.1) is 5.82 Å². The first kappa shape index (κ1) is 14.7. The molecular weight excluding hydrogens is 263 g/mol. The SMILES string of the molecule is COc1cccc(F)c1C(=O)N1CCOC(C(C)N)C1. The fourth-order valence-corrected chi connectivity index (χ4v) is 2.22. The number of rotatable bonds is 3. The van der Waals surface area contributed by atoms with Gasteiger partial charge in [0.05, 0.1) is 19.8 Å². The van der Waals surface area contributed by atoms with E-state index in [1.807, 2.05) is 6.92 Å². The van der Waals surface area contributed by atoms with Crippen molar-refractivity contribution in [1.29, 1.82) is 0 Å². The van der Waals surface area contributed by atoms with Gasteiger partial charge in [0.2, 0.25) is 0 Å². The minimum Gasteiger partial charge on any atom is -0.496 e. The van der Waals surface area contributed by atoms with E-state index in [4.69, 9.17) is 15.2 Å². The summed E-state index contributed by atoms with van der Waals surface area (Å²) >= 11 is 0. The molecule has 0 saturated carbocycles. The maximum absolute atomic E-state index is 13.9. The molecule has 2 N–H and O–H groups in total. The minimum atomic E-state index is -0.585. The van der Waals surface area contributed by atoms with Gasteiger partial charge in [0.1, 0.15) is 17.1 Å². The van der Waals surface area contributed by atoms with E-state index in [1.165, 1.54) is 19.2 Å². The lowest BCUT2D eigenvalue weighted by molar-refractivity contribution is -0.0302. The van der Waals surface area contributed by atoms with E-state index < -0.39 is 11.7 Å². The third-order valence-corrected chi connectivity index (χ3v) is 3.38. The second-order valence-electron chi connectivity index (χ2n) is 4.84. The molecule has 2 atom stereocenters. The van der Waals surface area contributed by atoms with Gasteiger partial charge in [-0.25, -0.2) is 4.39 Å². The van der Waals surface area contributed by atoms with Gasteiger partial charge in [0.25, 0.3) is 5.91 Å². The van der Waals surface area contributed by atoms with Crippen LogP contribution in [0.2, 0.25) is 0 Å². The molecule has 1 fully saturated rings. The summed E-state index contributed by atoms with van der Waals surface area (Å²) in [7, 11) is 1.41. The average molecular weight is 282 g/mol. The molecule has 1 aromatic rings. The lowest BCUT2D eigenvalue weighted by Gasteiger charge is -2.35. The van der Waals surface area contributed by atoms with Gasteiger partial charge in [0, 0.05) is 19.1 Å². The highest BCUT2D eigenvalue weighted by atomic mass is 19.1. The van der Waals surface area contributed by atoms with Crippen molar-refractivity contribution in [2.75, 3.05) is 26.8 Å². The van der Waals surface area contributed by atoms with E-state index in [9.17, 15) is 9.18 Å². The zero-order chi connectivity index (χ0) is 14.7. The second-order valence-corrected chi connectivity index (χ2v) is 4.84. The third kappa shape index (κ3) is 2.91. The van der Waals surface area contributed by atoms with Crippen LogP contribution in [0.4, 0.5) is 4.39 Å². The van der Waals surface area contributed by atoms with Crippen LogP contribution in [0.3, 0.4) is 0 Å². The maximum atomic E-state index is 13.9. The Balaban J connectivity index is 2.23. The Morgan fingerprint density at radius 3 is 3.00 bits per heavy atom. The summed E-state index contributed by atoms with van der Waals surface area (Å²) in [5.74, 6) is -0.745. The largest absolute Gasteiger partial charge is 0.496 e. The zero-order valence-corrected chi connectivity index (χ0v) is 11.6.